The summed E-state index contributed by atoms with van der Waals surface area (Å²) in [6, 6.07) is 4.09. The van der Waals surface area contributed by atoms with E-state index in [0.717, 1.165) is 43.9 Å². The molecule has 1 unspecified atom stereocenters. The standard InChI is InChI=1S/C15H20Cl2N2O/c1-15(2)9-13(19-5-3-18-4-6-19)11-7-10(16)8-12(17)14(11)20-15/h7-8,13,18H,3-6,9H2,1-2H3. The van der Waals surface area contributed by atoms with Crippen LogP contribution >= 0.6 is 23.2 Å². The summed E-state index contributed by atoms with van der Waals surface area (Å²) in [5.74, 6) is 0.802. The quantitative estimate of drug-likeness (QED) is 0.858. The number of benzene rings is 1. The van der Waals surface area contributed by atoms with Crippen molar-refractivity contribution >= 4 is 23.2 Å². The molecule has 20 heavy (non-hydrogen) atoms. The third kappa shape index (κ3) is 2.77. The summed E-state index contributed by atoms with van der Waals surface area (Å²) in [4.78, 5) is 2.51. The Balaban J connectivity index is 2.02. The topological polar surface area (TPSA) is 24.5 Å². The highest BCUT2D eigenvalue weighted by molar-refractivity contribution is 6.35. The normalized spacial score (nSPS) is 25.9. The summed E-state index contributed by atoms with van der Waals surface area (Å²) in [5, 5.41) is 4.69. The average molecular weight is 315 g/mol. The minimum absolute atomic E-state index is 0.208. The molecule has 1 fully saturated rings. The summed E-state index contributed by atoms with van der Waals surface area (Å²) in [6.45, 7) is 8.39. The molecule has 2 aliphatic heterocycles. The molecule has 2 aliphatic rings. The van der Waals surface area contributed by atoms with Gasteiger partial charge in [-0.05, 0) is 26.0 Å². The van der Waals surface area contributed by atoms with Crippen molar-refractivity contribution < 1.29 is 4.74 Å². The molecule has 1 aromatic carbocycles. The number of nitrogens with one attached hydrogen (secondary N) is 1. The van der Waals surface area contributed by atoms with Gasteiger partial charge in [-0.25, -0.2) is 0 Å². The van der Waals surface area contributed by atoms with Crippen LogP contribution in [0.5, 0.6) is 5.75 Å². The van der Waals surface area contributed by atoms with Crippen LogP contribution in [0.15, 0.2) is 12.1 Å². The van der Waals surface area contributed by atoms with Crippen molar-refractivity contribution in [3.63, 3.8) is 0 Å². The largest absolute Gasteiger partial charge is 0.486 e. The van der Waals surface area contributed by atoms with Crippen molar-refractivity contribution in [2.45, 2.75) is 31.9 Å². The zero-order chi connectivity index (χ0) is 14.3. The summed E-state index contributed by atoms with van der Waals surface area (Å²) in [5.41, 5.74) is 0.920. The Labute approximate surface area is 130 Å². The number of hydrogen-bond donors (Lipinski definition) is 1. The number of halogens is 2. The van der Waals surface area contributed by atoms with E-state index in [9.17, 15) is 0 Å². The lowest BCUT2D eigenvalue weighted by Gasteiger charge is -2.44. The van der Waals surface area contributed by atoms with Crippen molar-refractivity contribution in [3.05, 3.63) is 27.7 Å². The third-order valence-corrected chi connectivity index (χ3v) is 4.55. The molecule has 0 saturated carbocycles. The van der Waals surface area contributed by atoms with Gasteiger partial charge in [-0.15, -0.1) is 0 Å². The van der Waals surface area contributed by atoms with E-state index in [2.05, 4.69) is 24.1 Å². The molecular formula is C15H20Cl2N2O. The van der Waals surface area contributed by atoms with Gasteiger partial charge in [0.1, 0.15) is 11.4 Å². The van der Waals surface area contributed by atoms with Gasteiger partial charge in [0.15, 0.2) is 0 Å². The van der Waals surface area contributed by atoms with Crippen LogP contribution in [0.2, 0.25) is 10.0 Å². The second-order valence-electron chi connectivity index (χ2n) is 6.17. The molecule has 0 aliphatic carbocycles. The Hall–Kier alpha value is -0.480. The van der Waals surface area contributed by atoms with Gasteiger partial charge < -0.3 is 10.1 Å². The summed E-state index contributed by atoms with van der Waals surface area (Å²) in [7, 11) is 0. The fourth-order valence-electron chi connectivity index (χ4n) is 3.15. The van der Waals surface area contributed by atoms with Gasteiger partial charge in [0.25, 0.3) is 0 Å². The van der Waals surface area contributed by atoms with Crippen molar-refractivity contribution in [3.8, 4) is 5.75 Å². The van der Waals surface area contributed by atoms with Crippen LogP contribution in [-0.4, -0.2) is 36.7 Å². The Morgan fingerprint density at radius 3 is 2.65 bits per heavy atom. The molecule has 0 aromatic heterocycles. The predicted octanol–water partition coefficient (Wildman–Crippen LogP) is 3.50. The zero-order valence-electron chi connectivity index (χ0n) is 11.9. The second-order valence-corrected chi connectivity index (χ2v) is 7.02. The maximum atomic E-state index is 6.34. The van der Waals surface area contributed by atoms with Crippen molar-refractivity contribution in [2.75, 3.05) is 26.2 Å². The van der Waals surface area contributed by atoms with E-state index < -0.39 is 0 Å². The van der Waals surface area contributed by atoms with Gasteiger partial charge >= 0.3 is 0 Å². The molecule has 1 N–H and O–H groups in total. The summed E-state index contributed by atoms with van der Waals surface area (Å²) in [6.07, 6.45) is 0.955. The fraction of sp³-hybridized carbons (Fsp3) is 0.600. The smallest absolute Gasteiger partial charge is 0.143 e. The number of fused-ring (bicyclic) bond motifs is 1. The zero-order valence-corrected chi connectivity index (χ0v) is 13.4. The van der Waals surface area contributed by atoms with E-state index in [-0.39, 0.29) is 5.60 Å². The van der Waals surface area contributed by atoms with E-state index in [1.165, 1.54) is 0 Å². The number of nitrogens with zero attached hydrogens (tertiary/aromatic N) is 1. The van der Waals surface area contributed by atoms with Gasteiger partial charge in [-0.3, -0.25) is 4.90 Å². The summed E-state index contributed by atoms with van der Waals surface area (Å²) < 4.78 is 6.09. The molecular weight excluding hydrogens is 295 g/mol. The van der Waals surface area contributed by atoms with Crippen LogP contribution in [0, 0.1) is 0 Å². The molecule has 0 spiro atoms. The van der Waals surface area contributed by atoms with E-state index in [4.69, 9.17) is 27.9 Å². The van der Waals surface area contributed by atoms with E-state index in [1.807, 2.05) is 6.07 Å². The van der Waals surface area contributed by atoms with Crippen LogP contribution in [0.3, 0.4) is 0 Å². The highest BCUT2D eigenvalue weighted by Crippen LogP contribution is 2.47. The minimum Gasteiger partial charge on any atom is -0.486 e. The molecule has 3 nitrogen and oxygen atoms in total. The highest BCUT2D eigenvalue weighted by Gasteiger charge is 2.38. The molecule has 1 saturated heterocycles. The first-order valence-electron chi connectivity index (χ1n) is 7.09. The molecule has 0 bridgehead atoms. The number of ether oxygens (including phenoxy) is 1. The lowest BCUT2D eigenvalue weighted by atomic mass is 9.88. The van der Waals surface area contributed by atoms with Gasteiger partial charge in [0.05, 0.1) is 5.02 Å². The number of rotatable bonds is 1. The molecule has 110 valence electrons. The fourth-order valence-corrected chi connectivity index (χ4v) is 3.70. The maximum Gasteiger partial charge on any atom is 0.143 e. The third-order valence-electron chi connectivity index (χ3n) is 4.05. The first-order chi connectivity index (χ1) is 9.46. The monoisotopic (exact) mass is 314 g/mol. The van der Waals surface area contributed by atoms with Crippen LogP contribution in [-0.2, 0) is 0 Å². The first kappa shape index (κ1) is 14.5. The Bertz CT molecular complexity index is 513. The lowest BCUT2D eigenvalue weighted by Crippen LogP contribution is -2.48. The molecule has 3 rings (SSSR count). The SMILES string of the molecule is CC1(C)CC(N2CCNCC2)c2cc(Cl)cc(Cl)c2O1. The van der Waals surface area contributed by atoms with Crippen molar-refractivity contribution in [2.24, 2.45) is 0 Å². The van der Waals surface area contributed by atoms with E-state index in [1.54, 1.807) is 6.07 Å². The van der Waals surface area contributed by atoms with Crippen LogP contribution in [0.4, 0.5) is 0 Å². The number of hydrogen-bond acceptors (Lipinski definition) is 3. The Kier molecular flexibility index (Phi) is 3.89. The molecule has 1 atom stereocenters. The predicted molar refractivity (Wildman–Crippen MR) is 83.0 cm³/mol. The van der Waals surface area contributed by atoms with E-state index in [0.29, 0.717) is 16.1 Å². The molecule has 1 aromatic rings. The van der Waals surface area contributed by atoms with Gasteiger partial charge in [0, 0.05) is 49.2 Å². The average Bonchev–Trinajstić information content (AvgIpc) is 2.40. The van der Waals surface area contributed by atoms with Crippen molar-refractivity contribution in [1.82, 2.24) is 10.2 Å². The van der Waals surface area contributed by atoms with E-state index >= 15 is 0 Å². The van der Waals surface area contributed by atoms with Crippen LogP contribution in [0.1, 0.15) is 31.9 Å². The highest BCUT2D eigenvalue weighted by atomic mass is 35.5. The van der Waals surface area contributed by atoms with Crippen molar-refractivity contribution in [1.29, 1.82) is 0 Å². The van der Waals surface area contributed by atoms with Gasteiger partial charge in [-0.1, -0.05) is 23.2 Å². The Morgan fingerprint density at radius 1 is 1.25 bits per heavy atom. The molecule has 0 radical (unpaired) electrons. The lowest BCUT2D eigenvalue weighted by molar-refractivity contribution is 0.0261. The van der Waals surface area contributed by atoms with Gasteiger partial charge in [-0.2, -0.15) is 0 Å². The summed E-state index contributed by atoms with van der Waals surface area (Å²) >= 11 is 12.5. The molecule has 2 heterocycles. The van der Waals surface area contributed by atoms with Crippen LogP contribution in [0.25, 0.3) is 0 Å². The Morgan fingerprint density at radius 2 is 1.95 bits per heavy atom. The van der Waals surface area contributed by atoms with Crippen LogP contribution < -0.4 is 10.1 Å². The maximum absolute atomic E-state index is 6.34. The molecule has 5 heteroatoms. The minimum atomic E-state index is -0.208. The van der Waals surface area contributed by atoms with Gasteiger partial charge in [0.2, 0.25) is 0 Å². The number of piperazine rings is 1. The second kappa shape index (κ2) is 5.38. The first-order valence-corrected chi connectivity index (χ1v) is 7.85. The molecule has 0 amide bonds.